The monoisotopic (exact) mass is 175 g/mol. The van der Waals surface area contributed by atoms with Crippen LogP contribution in [0.2, 0.25) is 0 Å². The molecule has 4 heteroatoms. The van der Waals surface area contributed by atoms with Crippen LogP contribution in [-0.4, -0.2) is 42.4 Å². The highest BCUT2D eigenvalue weighted by Crippen LogP contribution is 1.95. The Morgan fingerprint density at radius 3 is 2.08 bits per heavy atom. The predicted molar refractivity (Wildman–Crippen MR) is 46.4 cm³/mol. The second kappa shape index (κ2) is 6.91. The van der Waals surface area contributed by atoms with Gasteiger partial charge < -0.3 is 14.7 Å². The maximum Gasteiger partial charge on any atom is 0.407 e. The third-order valence-electron chi connectivity index (χ3n) is 1.28. The fourth-order valence-electron chi connectivity index (χ4n) is 0.755. The first-order valence-corrected chi connectivity index (χ1v) is 4.28. The van der Waals surface area contributed by atoms with E-state index in [-0.39, 0.29) is 0 Å². The van der Waals surface area contributed by atoms with Crippen molar-refractivity contribution in [2.75, 3.05) is 26.3 Å². The molecule has 1 saturated heterocycles. The molecule has 12 heavy (non-hydrogen) atoms. The number of carboxylic acid groups (broad SMARTS) is 1. The van der Waals surface area contributed by atoms with E-state index in [0.29, 0.717) is 26.3 Å². The van der Waals surface area contributed by atoms with E-state index in [2.05, 4.69) is 13.8 Å². The van der Waals surface area contributed by atoms with Crippen LogP contribution in [0.15, 0.2) is 0 Å². The summed E-state index contributed by atoms with van der Waals surface area (Å²) < 4.78 is 4.94. The zero-order valence-corrected chi connectivity index (χ0v) is 7.75. The smallest absolute Gasteiger partial charge is 0.407 e. The van der Waals surface area contributed by atoms with Gasteiger partial charge in [0.25, 0.3) is 0 Å². The molecule has 1 heterocycles. The molecule has 1 fully saturated rings. The van der Waals surface area contributed by atoms with Gasteiger partial charge >= 0.3 is 6.09 Å². The van der Waals surface area contributed by atoms with Crippen LogP contribution >= 0.6 is 0 Å². The molecule has 0 spiro atoms. The third kappa shape index (κ3) is 4.96. The van der Waals surface area contributed by atoms with Gasteiger partial charge in [-0.3, -0.25) is 0 Å². The SMILES string of the molecule is CCC.O=C(O)N1CCOCC1. The number of rotatable bonds is 0. The van der Waals surface area contributed by atoms with Gasteiger partial charge in [0.15, 0.2) is 0 Å². The summed E-state index contributed by atoms with van der Waals surface area (Å²) in [5, 5.41) is 8.41. The van der Waals surface area contributed by atoms with Crippen LogP contribution in [0.1, 0.15) is 20.3 Å². The molecule has 4 nitrogen and oxygen atoms in total. The highest BCUT2D eigenvalue weighted by atomic mass is 16.5. The van der Waals surface area contributed by atoms with E-state index in [1.54, 1.807) is 0 Å². The van der Waals surface area contributed by atoms with Crippen molar-refractivity contribution in [3.05, 3.63) is 0 Å². The molecule has 0 aromatic heterocycles. The van der Waals surface area contributed by atoms with Crippen molar-refractivity contribution in [2.45, 2.75) is 20.3 Å². The summed E-state index contributed by atoms with van der Waals surface area (Å²) in [6, 6.07) is 0. The normalized spacial score (nSPS) is 16.3. The lowest BCUT2D eigenvalue weighted by Gasteiger charge is -2.23. The number of morpholine rings is 1. The Kier molecular flexibility index (Phi) is 6.47. The first kappa shape index (κ1) is 11.2. The predicted octanol–water partition coefficient (Wildman–Crippen LogP) is 1.41. The number of hydrogen-bond acceptors (Lipinski definition) is 2. The van der Waals surface area contributed by atoms with Crippen LogP contribution in [0.25, 0.3) is 0 Å². The molecular formula is C8H17NO3. The highest BCUT2D eigenvalue weighted by Gasteiger charge is 2.13. The molecule has 72 valence electrons. The van der Waals surface area contributed by atoms with Gasteiger partial charge in [-0.05, 0) is 0 Å². The summed E-state index contributed by atoms with van der Waals surface area (Å²) in [6.45, 7) is 6.34. The molecule has 0 radical (unpaired) electrons. The molecule has 0 unspecified atom stereocenters. The summed E-state index contributed by atoms with van der Waals surface area (Å²) in [5.41, 5.74) is 0. The van der Waals surface area contributed by atoms with Crippen molar-refractivity contribution in [3.8, 4) is 0 Å². The lowest BCUT2D eigenvalue weighted by molar-refractivity contribution is 0.0392. The minimum absolute atomic E-state index is 0.509. The summed E-state index contributed by atoms with van der Waals surface area (Å²) in [7, 11) is 0. The topological polar surface area (TPSA) is 49.8 Å². The zero-order chi connectivity index (χ0) is 9.40. The summed E-state index contributed by atoms with van der Waals surface area (Å²) >= 11 is 0. The fourth-order valence-corrected chi connectivity index (χ4v) is 0.755. The van der Waals surface area contributed by atoms with Gasteiger partial charge in [0.1, 0.15) is 0 Å². The van der Waals surface area contributed by atoms with Gasteiger partial charge in [0, 0.05) is 13.1 Å². The summed E-state index contributed by atoms with van der Waals surface area (Å²) in [4.78, 5) is 11.6. The average molecular weight is 175 g/mol. The minimum atomic E-state index is -0.849. The van der Waals surface area contributed by atoms with E-state index in [0.717, 1.165) is 0 Å². The molecule has 0 saturated carbocycles. The zero-order valence-electron chi connectivity index (χ0n) is 7.75. The molecule has 0 aromatic rings. The van der Waals surface area contributed by atoms with Crippen molar-refractivity contribution >= 4 is 6.09 Å². The van der Waals surface area contributed by atoms with E-state index in [9.17, 15) is 4.79 Å². The van der Waals surface area contributed by atoms with E-state index in [1.165, 1.54) is 11.3 Å². The number of carbonyl (C=O) groups is 1. The van der Waals surface area contributed by atoms with E-state index < -0.39 is 6.09 Å². The van der Waals surface area contributed by atoms with Crippen molar-refractivity contribution in [1.82, 2.24) is 4.90 Å². The van der Waals surface area contributed by atoms with Crippen LogP contribution < -0.4 is 0 Å². The Labute approximate surface area is 73.1 Å². The minimum Gasteiger partial charge on any atom is -0.465 e. The molecule has 0 aliphatic carbocycles. The first-order valence-electron chi connectivity index (χ1n) is 4.28. The largest absolute Gasteiger partial charge is 0.465 e. The van der Waals surface area contributed by atoms with Crippen LogP contribution in [0.3, 0.4) is 0 Å². The maximum atomic E-state index is 10.2. The number of ether oxygens (including phenoxy) is 1. The molecule has 0 atom stereocenters. The average Bonchev–Trinajstić information content (AvgIpc) is 2.07. The van der Waals surface area contributed by atoms with Gasteiger partial charge in [-0.15, -0.1) is 0 Å². The maximum absolute atomic E-state index is 10.2. The van der Waals surface area contributed by atoms with Crippen molar-refractivity contribution < 1.29 is 14.6 Å². The number of hydrogen-bond donors (Lipinski definition) is 1. The van der Waals surface area contributed by atoms with Gasteiger partial charge in [-0.2, -0.15) is 0 Å². The molecule has 0 aromatic carbocycles. The first-order chi connectivity index (χ1) is 5.72. The number of amides is 1. The van der Waals surface area contributed by atoms with Crippen molar-refractivity contribution in [2.24, 2.45) is 0 Å². The molecule has 1 aliphatic rings. The molecule has 0 bridgehead atoms. The second-order valence-corrected chi connectivity index (χ2v) is 2.59. The van der Waals surface area contributed by atoms with E-state index in [4.69, 9.17) is 9.84 Å². The molecule has 1 N–H and O–H groups in total. The number of nitrogens with zero attached hydrogens (tertiary/aromatic N) is 1. The lowest BCUT2D eigenvalue weighted by atomic mass is 10.5. The van der Waals surface area contributed by atoms with Crippen LogP contribution in [0.5, 0.6) is 0 Å². The van der Waals surface area contributed by atoms with Gasteiger partial charge in [0.2, 0.25) is 0 Å². The Morgan fingerprint density at radius 1 is 1.42 bits per heavy atom. The Balaban J connectivity index is 0.000000354. The lowest BCUT2D eigenvalue weighted by Crippen LogP contribution is -2.39. The van der Waals surface area contributed by atoms with Crippen molar-refractivity contribution in [1.29, 1.82) is 0 Å². The molecule has 1 amide bonds. The van der Waals surface area contributed by atoms with Crippen LogP contribution in [0.4, 0.5) is 4.79 Å². The highest BCUT2D eigenvalue weighted by molar-refractivity contribution is 5.64. The van der Waals surface area contributed by atoms with E-state index in [1.807, 2.05) is 0 Å². The molecule has 1 rings (SSSR count). The molecular weight excluding hydrogens is 158 g/mol. The standard InChI is InChI=1S/C5H9NO3.C3H8/c7-5(8)6-1-3-9-4-2-6;1-3-2/h1-4H2,(H,7,8);3H2,1-2H3. The Hall–Kier alpha value is -0.770. The van der Waals surface area contributed by atoms with Gasteiger partial charge in [-0.25, -0.2) is 4.79 Å². The van der Waals surface area contributed by atoms with Crippen LogP contribution in [-0.2, 0) is 4.74 Å². The van der Waals surface area contributed by atoms with E-state index >= 15 is 0 Å². The second-order valence-electron chi connectivity index (χ2n) is 2.59. The quantitative estimate of drug-likeness (QED) is 0.605. The Morgan fingerprint density at radius 2 is 1.83 bits per heavy atom. The summed E-state index contributed by atoms with van der Waals surface area (Å²) in [5.74, 6) is 0. The van der Waals surface area contributed by atoms with Gasteiger partial charge in [0.05, 0.1) is 13.2 Å². The third-order valence-corrected chi connectivity index (χ3v) is 1.28. The van der Waals surface area contributed by atoms with Gasteiger partial charge in [-0.1, -0.05) is 20.3 Å². The van der Waals surface area contributed by atoms with Crippen molar-refractivity contribution in [3.63, 3.8) is 0 Å². The Bertz CT molecular complexity index is 121. The molecule has 1 aliphatic heterocycles. The van der Waals surface area contributed by atoms with Crippen LogP contribution in [0, 0.1) is 0 Å². The fraction of sp³-hybridized carbons (Fsp3) is 0.875. The summed E-state index contributed by atoms with van der Waals surface area (Å²) in [6.07, 6.45) is 0.401.